The van der Waals surface area contributed by atoms with E-state index >= 15 is 0 Å². The molecule has 1 aliphatic heterocycles. The Bertz CT molecular complexity index is 916. The fourth-order valence-corrected chi connectivity index (χ4v) is 4.28. The van der Waals surface area contributed by atoms with E-state index in [9.17, 15) is 4.79 Å². The van der Waals surface area contributed by atoms with E-state index in [1.54, 1.807) is 18.0 Å². The number of amides is 1. The summed E-state index contributed by atoms with van der Waals surface area (Å²) < 4.78 is 0. The Kier molecular flexibility index (Phi) is 3.27. The largest absolute Gasteiger partial charge is 0.354 e. The molecule has 1 saturated heterocycles. The van der Waals surface area contributed by atoms with Gasteiger partial charge in [0.05, 0.1) is 17.1 Å². The van der Waals surface area contributed by atoms with Crippen LogP contribution in [0.2, 0.25) is 0 Å². The van der Waals surface area contributed by atoms with Crippen molar-refractivity contribution in [2.45, 2.75) is 12.8 Å². The normalized spacial score (nSPS) is 19.4. The first-order valence-corrected chi connectivity index (χ1v) is 9.33. The molecule has 1 amide bonds. The van der Waals surface area contributed by atoms with Crippen molar-refractivity contribution in [3.05, 3.63) is 35.2 Å². The molecule has 1 aliphatic carbocycles. The summed E-state index contributed by atoms with van der Waals surface area (Å²) in [6, 6.07) is 2.02. The predicted octanol–water partition coefficient (Wildman–Crippen LogP) is 2.16. The molecule has 1 saturated carbocycles. The van der Waals surface area contributed by atoms with E-state index in [4.69, 9.17) is 0 Å². The molecule has 2 fully saturated rings. The third-order valence-corrected chi connectivity index (χ3v) is 5.97. The second kappa shape index (κ2) is 5.52. The van der Waals surface area contributed by atoms with Crippen LogP contribution in [-0.4, -0.2) is 56.9 Å². The van der Waals surface area contributed by atoms with E-state index in [0.717, 1.165) is 54.2 Å². The van der Waals surface area contributed by atoms with E-state index < -0.39 is 0 Å². The van der Waals surface area contributed by atoms with Gasteiger partial charge < -0.3 is 14.8 Å². The number of fused-ring (bicyclic) bond motifs is 1. The summed E-state index contributed by atoms with van der Waals surface area (Å²) in [6.45, 7) is 3.25. The van der Waals surface area contributed by atoms with Crippen LogP contribution in [0.5, 0.6) is 0 Å². The van der Waals surface area contributed by atoms with Crippen molar-refractivity contribution in [2.75, 3.05) is 31.1 Å². The Balaban J connectivity index is 1.45. The van der Waals surface area contributed by atoms with Crippen LogP contribution in [0.15, 0.2) is 30.3 Å². The maximum atomic E-state index is 12.8. The Morgan fingerprint density at radius 2 is 2.16 bits per heavy atom. The number of aromatic amines is 1. The van der Waals surface area contributed by atoms with Gasteiger partial charge in [0.2, 0.25) is 0 Å². The number of rotatable bonds is 2. The number of aromatic nitrogens is 4. The molecule has 4 heterocycles. The van der Waals surface area contributed by atoms with Crippen LogP contribution in [0.25, 0.3) is 11.0 Å². The highest BCUT2D eigenvalue weighted by Crippen LogP contribution is 2.48. The Morgan fingerprint density at radius 1 is 1.24 bits per heavy atom. The highest BCUT2D eigenvalue weighted by atomic mass is 32.1. The third-order valence-electron chi connectivity index (χ3n) is 5.21. The van der Waals surface area contributed by atoms with Crippen molar-refractivity contribution >= 4 is 34.1 Å². The molecule has 128 valence electrons. The zero-order chi connectivity index (χ0) is 16.9. The number of thiazole rings is 1. The van der Waals surface area contributed by atoms with Gasteiger partial charge in [-0.1, -0.05) is 0 Å². The molecule has 0 bridgehead atoms. The fraction of sp³-hybridized carbons (Fsp3) is 0.412. The lowest BCUT2D eigenvalue weighted by Gasteiger charge is -2.25. The summed E-state index contributed by atoms with van der Waals surface area (Å²) in [7, 11) is 0. The zero-order valence-electron chi connectivity index (χ0n) is 13.7. The number of hydrogen-bond acceptors (Lipinski definition) is 6. The van der Waals surface area contributed by atoms with Gasteiger partial charge in [0.1, 0.15) is 22.7 Å². The first-order chi connectivity index (χ1) is 12.2. The third kappa shape index (κ3) is 2.57. The van der Waals surface area contributed by atoms with Gasteiger partial charge in [-0.15, -0.1) is 11.3 Å². The van der Waals surface area contributed by atoms with Gasteiger partial charge >= 0.3 is 0 Å². The summed E-state index contributed by atoms with van der Waals surface area (Å²) in [4.78, 5) is 33.9. The second-order valence-corrected chi connectivity index (χ2v) is 7.84. The highest BCUT2D eigenvalue weighted by molar-refractivity contribution is 7.11. The molecule has 1 spiro atoms. The van der Waals surface area contributed by atoms with E-state index in [1.807, 2.05) is 17.2 Å². The summed E-state index contributed by atoms with van der Waals surface area (Å²) in [5.74, 6) is 1.06. The number of hydrogen-bond donors (Lipinski definition) is 1. The molecule has 2 aliphatic rings. The van der Waals surface area contributed by atoms with Gasteiger partial charge in [0.25, 0.3) is 5.91 Å². The maximum Gasteiger partial charge on any atom is 0.265 e. The molecule has 0 radical (unpaired) electrons. The summed E-state index contributed by atoms with van der Waals surface area (Å²) in [5.41, 5.74) is 2.77. The molecule has 7 nitrogen and oxygen atoms in total. The summed E-state index contributed by atoms with van der Waals surface area (Å²) in [6.07, 6.45) is 7.50. The number of nitrogens with zero attached hydrogens (tertiary/aromatic N) is 5. The molecule has 0 atom stereocenters. The average Bonchev–Trinajstić information content (AvgIpc) is 3.03. The van der Waals surface area contributed by atoms with E-state index in [0.29, 0.717) is 6.54 Å². The number of carbonyl (C=O) groups is 1. The number of H-pyrrole nitrogens is 1. The number of nitrogens with one attached hydrogen (secondary N) is 1. The number of carbonyl (C=O) groups excluding carboxylic acids is 1. The lowest BCUT2D eigenvalue weighted by atomic mass is 10.1. The molecular formula is C17H18N6OS. The van der Waals surface area contributed by atoms with E-state index in [2.05, 4.69) is 24.8 Å². The second-order valence-electron chi connectivity index (χ2n) is 6.95. The van der Waals surface area contributed by atoms with Crippen LogP contribution in [0.1, 0.15) is 22.5 Å². The molecule has 1 N–H and O–H groups in total. The Morgan fingerprint density at radius 3 is 2.96 bits per heavy atom. The Labute approximate surface area is 148 Å². The molecule has 25 heavy (non-hydrogen) atoms. The monoisotopic (exact) mass is 354 g/mol. The van der Waals surface area contributed by atoms with Gasteiger partial charge in [-0.25, -0.2) is 9.97 Å². The SMILES string of the molecule is O=C(c1cncs1)N1CCN(c2ncnc3[nH]ccc23)CC2(CC2)C1. The first-order valence-electron chi connectivity index (χ1n) is 8.45. The van der Waals surface area contributed by atoms with Gasteiger partial charge in [0, 0.05) is 37.8 Å². The molecule has 0 aromatic carbocycles. The summed E-state index contributed by atoms with van der Waals surface area (Å²) in [5, 5.41) is 1.04. The minimum Gasteiger partial charge on any atom is -0.354 e. The average molecular weight is 354 g/mol. The van der Waals surface area contributed by atoms with Gasteiger partial charge in [-0.2, -0.15) is 0 Å². The van der Waals surface area contributed by atoms with Gasteiger partial charge in [0.15, 0.2) is 0 Å². The molecule has 3 aromatic rings. The van der Waals surface area contributed by atoms with E-state index in [1.165, 1.54) is 11.3 Å². The predicted molar refractivity (Wildman–Crippen MR) is 95.8 cm³/mol. The van der Waals surface area contributed by atoms with Gasteiger partial charge in [-0.3, -0.25) is 9.78 Å². The molecule has 0 unspecified atom stereocenters. The lowest BCUT2D eigenvalue weighted by Crippen LogP contribution is -2.36. The van der Waals surface area contributed by atoms with Crippen molar-refractivity contribution in [3.8, 4) is 0 Å². The van der Waals surface area contributed by atoms with Crippen LogP contribution >= 0.6 is 11.3 Å². The quantitative estimate of drug-likeness (QED) is 0.763. The van der Waals surface area contributed by atoms with Crippen LogP contribution in [-0.2, 0) is 0 Å². The highest BCUT2D eigenvalue weighted by Gasteiger charge is 2.48. The van der Waals surface area contributed by atoms with Crippen molar-refractivity contribution in [2.24, 2.45) is 5.41 Å². The first kappa shape index (κ1) is 14.8. The number of anilines is 1. The van der Waals surface area contributed by atoms with Crippen molar-refractivity contribution < 1.29 is 4.79 Å². The molecule has 3 aromatic heterocycles. The van der Waals surface area contributed by atoms with Crippen LogP contribution in [0.4, 0.5) is 5.82 Å². The topological polar surface area (TPSA) is 78.0 Å². The van der Waals surface area contributed by atoms with Crippen molar-refractivity contribution in [1.29, 1.82) is 0 Å². The minimum absolute atomic E-state index is 0.102. The fourth-order valence-electron chi connectivity index (χ4n) is 3.69. The van der Waals surface area contributed by atoms with E-state index in [-0.39, 0.29) is 11.3 Å². The van der Waals surface area contributed by atoms with Crippen LogP contribution in [0.3, 0.4) is 0 Å². The zero-order valence-corrected chi connectivity index (χ0v) is 14.5. The van der Waals surface area contributed by atoms with Crippen LogP contribution in [0, 0.1) is 5.41 Å². The molecular weight excluding hydrogens is 336 g/mol. The van der Waals surface area contributed by atoms with Crippen molar-refractivity contribution in [3.63, 3.8) is 0 Å². The van der Waals surface area contributed by atoms with Gasteiger partial charge in [-0.05, 0) is 18.9 Å². The lowest BCUT2D eigenvalue weighted by molar-refractivity contribution is 0.0745. The smallest absolute Gasteiger partial charge is 0.265 e. The molecule has 8 heteroatoms. The van der Waals surface area contributed by atoms with Crippen molar-refractivity contribution in [1.82, 2.24) is 24.8 Å². The standard InChI is InChI=1S/C17H18N6OS/c24-16(13-7-18-11-25-13)23-6-5-22(8-17(9-23)2-3-17)15-12-1-4-19-14(12)20-10-21-15/h1,4,7,10-11H,2-3,5-6,8-9H2,(H,19,20,21). The minimum atomic E-state index is 0.102. The Hall–Kier alpha value is -2.48. The summed E-state index contributed by atoms with van der Waals surface area (Å²) >= 11 is 1.41. The maximum absolute atomic E-state index is 12.8. The molecule has 5 rings (SSSR count). The van der Waals surface area contributed by atoms with Crippen LogP contribution < -0.4 is 4.90 Å².